The predicted octanol–water partition coefficient (Wildman–Crippen LogP) is 2.99. The maximum Gasteiger partial charge on any atom is 0.270 e. The molecule has 1 amide bonds. The van der Waals surface area contributed by atoms with Gasteiger partial charge in [-0.2, -0.15) is 0 Å². The summed E-state index contributed by atoms with van der Waals surface area (Å²) in [5, 5.41) is 0. The van der Waals surface area contributed by atoms with E-state index in [9.17, 15) is 4.79 Å². The molecule has 0 bridgehead atoms. The number of hydrogen-bond acceptors (Lipinski definition) is 2. The van der Waals surface area contributed by atoms with Gasteiger partial charge >= 0.3 is 0 Å². The van der Waals surface area contributed by atoms with E-state index in [-0.39, 0.29) is 12.0 Å². The number of benzene rings is 1. The molecule has 1 aromatic carbocycles. The van der Waals surface area contributed by atoms with Crippen molar-refractivity contribution >= 4 is 21.8 Å². The zero-order chi connectivity index (χ0) is 13.9. The van der Waals surface area contributed by atoms with Gasteiger partial charge in [0.05, 0.1) is 13.2 Å². The Morgan fingerprint density at radius 3 is 2.90 bits per heavy atom. The first kappa shape index (κ1) is 13.4. The number of aromatic nitrogens is 1. The van der Waals surface area contributed by atoms with Crippen molar-refractivity contribution in [2.45, 2.75) is 6.10 Å². The maximum absolute atomic E-state index is 12.4. The third kappa shape index (κ3) is 2.64. The molecule has 0 unspecified atom stereocenters. The molecule has 2 heterocycles. The number of carbonyl (C=O) groups is 1. The Bertz CT molecular complexity index is 598. The van der Waals surface area contributed by atoms with Crippen molar-refractivity contribution < 1.29 is 9.53 Å². The summed E-state index contributed by atoms with van der Waals surface area (Å²) in [5.74, 6) is 0.0235. The minimum atomic E-state index is -0.0850. The molecule has 1 saturated heterocycles. The predicted molar refractivity (Wildman–Crippen MR) is 79.5 cm³/mol. The van der Waals surface area contributed by atoms with Crippen LogP contribution in [0.3, 0.4) is 0 Å². The van der Waals surface area contributed by atoms with Crippen molar-refractivity contribution in [1.82, 2.24) is 9.88 Å². The van der Waals surface area contributed by atoms with Gasteiger partial charge < -0.3 is 14.6 Å². The average Bonchev–Trinajstić information content (AvgIpc) is 3.01. The molecule has 1 aliphatic heterocycles. The molecule has 104 valence electrons. The summed E-state index contributed by atoms with van der Waals surface area (Å²) in [6.45, 7) is 1.75. The summed E-state index contributed by atoms with van der Waals surface area (Å²) in [4.78, 5) is 17.1. The van der Waals surface area contributed by atoms with Gasteiger partial charge in [-0.25, -0.2) is 0 Å². The van der Waals surface area contributed by atoms with Crippen molar-refractivity contribution in [2.75, 3.05) is 19.7 Å². The molecule has 1 fully saturated rings. The van der Waals surface area contributed by atoms with E-state index in [0.717, 1.165) is 10.0 Å². The number of ether oxygens (including phenoxy) is 1. The molecule has 0 aliphatic carbocycles. The highest BCUT2D eigenvalue weighted by molar-refractivity contribution is 9.10. The molecule has 0 radical (unpaired) electrons. The highest BCUT2D eigenvalue weighted by Crippen LogP contribution is 2.28. The Morgan fingerprint density at radius 1 is 1.30 bits per heavy atom. The molecular weight excluding hydrogens is 320 g/mol. The Balaban J connectivity index is 1.77. The molecule has 1 aromatic heterocycles. The van der Waals surface area contributed by atoms with Crippen LogP contribution in [0.1, 0.15) is 22.2 Å². The molecular formula is C15H15BrN2O2. The van der Waals surface area contributed by atoms with Crippen LogP contribution >= 0.6 is 15.9 Å². The van der Waals surface area contributed by atoms with E-state index in [0.29, 0.717) is 25.4 Å². The number of rotatable bonds is 2. The first-order chi connectivity index (χ1) is 9.75. The quantitative estimate of drug-likeness (QED) is 0.917. The normalized spacial score (nSPS) is 19.1. The zero-order valence-corrected chi connectivity index (χ0v) is 12.5. The van der Waals surface area contributed by atoms with Gasteiger partial charge in [0.25, 0.3) is 5.91 Å². The molecule has 3 rings (SSSR count). The van der Waals surface area contributed by atoms with Gasteiger partial charge in [-0.1, -0.05) is 34.1 Å². The van der Waals surface area contributed by atoms with Crippen molar-refractivity contribution in [3.8, 4) is 0 Å². The van der Waals surface area contributed by atoms with E-state index in [2.05, 4.69) is 20.9 Å². The molecule has 20 heavy (non-hydrogen) atoms. The lowest BCUT2D eigenvalue weighted by molar-refractivity contribution is -0.0233. The Morgan fingerprint density at radius 2 is 2.15 bits per heavy atom. The number of nitrogens with one attached hydrogen (secondary N) is 1. The summed E-state index contributed by atoms with van der Waals surface area (Å²) >= 11 is 3.54. The van der Waals surface area contributed by atoms with Gasteiger partial charge in [0, 0.05) is 17.2 Å². The third-order valence-corrected chi connectivity index (χ3v) is 4.16. The van der Waals surface area contributed by atoms with Gasteiger partial charge in [0.15, 0.2) is 0 Å². The van der Waals surface area contributed by atoms with Crippen LogP contribution in [0.25, 0.3) is 0 Å². The fraction of sp³-hybridized carbons (Fsp3) is 0.267. The smallest absolute Gasteiger partial charge is 0.270 e. The number of morpholine rings is 1. The molecule has 1 N–H and O–H groups in total. The van der Waals surface area contributed by atoms with E-state index in [1.54, 1.807) is 12.3 Å². The Hall–Kier alpha value is -1.59. The van der Waals surface area contributed by atoms with Crippen LogP contribution in [0.5, 0.6) is 0 Å². The zero-order valence-electron chi connectivity index (χ0n) is 10.9. The van der Waals surface area contributed by atoms with Gasteiger partial charge in [-0.05, 0) is 23.8 Å². The summed E-state index contributed by atoms with van der Waals surface area (Å²) < 4.78 is 6.82. The van der Waals surface area contributed by atoms with E-state index >= 15 is 0 Å². The standard InChI is InChI=1S/C15H15BrN2O2/c16-12-5-2-1-4-11(12)14-10-18(8-9-20-14)15(19)13-6-3-7-17-13/h1-7,14,17H,8-10H2/t14-/m1/s1. The second-order valence-corrected chi connectivity index (χ2v) is 5.57. The van der Waals surface area contributed by atoms with Crippen molar-refractivity contribution in [2.24, 2.45) is 0 Å². The van der Waals surface area contributed by atoms with Crippen LogP contribution in [0.15, 0.2) is 47.1 Å². The number of halogens is 1. The molecule has 2 aromatic rings. The molecule has 1 atom stereocenters. The maximum atomic E-state index is 12.4. The van der Waals surface area contributed by atoms with Crippen LogP contribution in [-0.4, -0.2) is 35.5 Å². The first-order valence-electron chi connectivity index (χ1n) is 6.54. The first-order valence-corrected chi connectivity index (χ1v) is 7.33. The SMILES string of the molecule is O=C(c1ccc[nH]1)N1CCO[C@@H](c2ccccc2Br)C1. The minimum Gasteiger partial charge on any atom is -0.370 e. The summed E-state index contributed by atoms with van der Waals surface area (Å²) in [5.41, 5.74) is 1.70. The largest absolute Gasteiger partial charge is 0.370 e. The van der Waals surface area contributed by atoms with Gasteiger partial charge in [0.1, 0.15) is 11.8 Å². The summed E-state index contributed by atoms with van der Waals surface area (Å²) in [7, 11) is 0. The molecule has 5 heteroatoms. The van der Waals surface area contributed by atoms with Crippen molar-refractivity contribution in [3.63, 3.8) is 0 Å². The highest BCUT2D eigenvalue weighted by Gasteiger charge is 2.27. The van der Waals surface area contributed by atoms with Crippen LogP contribution in [-0.2, 0) is 4.74 Å². The third-order valence-electron chi connectivity index (χ3n) is 3.43. The van der Waals surface area contributed by atoms with E-state index in [1.165, 1.54) is 0 Å². The van der Waals surface area contributed by atoms with Gasteiger partial charge in [-0.3, -0.25) is 4.79 Å². The number of amides is 1. The minimum absolute atomic E-state index is 0.0235. The highest BCUT2D eigenvalue weighted by atomic mass is 79.9. The topological polar surface area (TPSA) is 45.3 Å². The number of carbonyl (C=O) groups excluding carboxylic acids is 1. The lowest BCUT2D eigenvalue weighted by atomic mass is 10.1. The monoisotopic (exact) mass is 334 g/mol. The van der Waals surface area contributed by atoms with Crippen LogP contribution in [0.4, 0.5) is 0 Å². The van der Waals surface area contributed by atoms with Gasteiger partial charge in [-0.15, -0.1) is 0 Å². The second-order valence-electron chi connectivity index (χ2n) is 4.72. The molecule has 1 aliphatic rings. The lowest BCUT2D eigenvalue weighted by Crippen LogP contribution is -2.42. The van der Waals surface area contributed by atoms with Crippen LogP contribution in [0, 0.1) is 0 Å². The number of nitrogens with zero attached hydrogens (tertiary/aromatic N) is 1. The number of aromatic amines is 1. The van der Waals surface area contributed by atoms with Gasteiger partial charge in [0.2, 0.25) is 0 Å². The Labute approximate surface area is 125 Å². The fourth-order valence-electron chi connectivity index (χ4n) is 2.39. The van der Waals surface area contributed by atoms with E-state index < -0.39 is 0 Å². The fourth-order valence-corrected chi connectivity index (χ4v) is 2.93. The van der Waals surface area contributed by atoms with E-state index in [4.69, 9.17) is 4.74 Å². The summed E-state index contributed by atoms with van der Waals surface area (Å²) in [6, 6.07) is 11.6. The molecule has 0 saturated carbocycles. The second kappa shape index (κ2) is 5.81. The van der Waals surface area contributed by atoms with Crippen molar-refractivity contribution in [3.05, 3.63) is 58.3 Å². The Kier molecular flexibility index (Phi) is 3.89. The van der Waals surface area contributed by atoms with Crippen LogP contribution in [0.2, 0.25) is 0 Å². The van der Waals surface area contributed by atoms with E-state index in [1.807, 2.05) is 35.2 Å². The van der Waals surface area contributed by atoms with Crippen LogP contribution < -0.4 is 0 Å². The number of hydrogen-bond donors (Lipinski definition) is 1. The number of H-pyrrole nitrogens is 1. The summed E-state index contributed by atoms with van der Waals surface area (Å²) in [6.07, 6.45) is 1.68. The molecule has 4 nitrogen and oxygen atoms in total. The van der Waals surface area contributed by atoms with Crippen molar-refractivity contribution in [1.29, 1.82) is 0 Å². The lowest BCUT2D eigenvalue weighted by Gasteiger charge is -2.33. The molecule has 0 spiro atoms. The average molecular weight is 335 g/mol.